The van der Waals surface area contributed by atoms with E-state index in [9.17, 15) is 0 Å². The molecule has 18 heavy (non-hydrogen) atoms. The fraction of sp³-hybridized carbons (Fsp3) is 0.0667. The first-order valence-corrected chi connectivity index (χ1v) is 5.74. The molecule has 0 amide bonds. The summed E-state index contributed by atoms with van der Waals surface area (Å²) in [6, 6.07) is 17.8. The topological polar surface area (TPSA) is 35.0 Å². The van der Waals surface area contributed by atoms with E-state index < -0.39 is 0 Å². The summed E-state index contributed by atoms with van der Waals surface area (Å²) in [5.41, 5.74) is 2.68. The molecule has 0 spiro atoms. The normalized spacial score (nSPS) is 10.5. The maximum Gasteiger partial charge on any atom is 0.128 e. The van der Waals surface area contributed by atoms with Crippen molar-refractivity contribution in [2.75, 3.05) is 7.11 Å². The molecule has 0 aliphatic heterocycles. The fourth-order valence-electron chi connectivity index (χ4n) is 1.97. The van der Waals surface area contributed by atoms with Crippen LogP contribution < -0.4 is 4.74 Å². The monoisotopic (exact) mass is 236 g/mol. The summed E-state index contributed by atoms with van der Waals surface area (Å²) >= 11 is 0. The summed E-state index contributed by atoms with van der Waals surface area (Å²) in [4.78, 5) is 0. The molecule has 3 aromatic rings. The van der Waals surface area contributed by atoms with Gasteiger partial charge in [-0.15, -0.1) is 10.2 Å². The first-order chi connectivity index (χ1) is 8.88. The Bertz CT molecular complexity index is 695. The Morgan fingerprint density at radius 1 is 0.889 bits per heavy atom. The van der Waals surface area contributed by atoms with Crippen molar-refractivity contribution in [3.8, 4) is 17.0 Å². The van der Waals surface area contributed by atoms with Gasteiger partial charge in [0.2, 0.25) is 0 Å². The molecule has 0 atom stereocenters. The maximum absolute atomic E-state index is 5.34. The van der Waals surface area contributed by atoms with Gasteiger partial charge in [0, 0.05) is 10.9 Å². The van der Waals surface area contributed by atoms with E-state index >= 15 is 0 Å². The molecule has 0 saturated carbocycles. The minimum absolute atomic E-state index is 0.807. The molecule has 0 aliphatic carbocycles. The van der Waals surface area contributed by atoms with Gasteiger partial charge in [0.15, 0.2) is 0 Å². The molecule has 0 N–H and O–H groups in total. The third-order valence-electron chi connectivity index (χ3n) is 2.88. The molecule has 1 heterocycles. The summed E-state index contributed by atoms with van der Waals surface area (Å²) in [7, 11) is 1.66. The second-order valence-corrected chi connectivity index (χ2v) is 3.99. The standard InChI is InChI=1S/C15H12N2O/c1-18-15-9-5-3-7-12(15)14-10-11-6-2-4-8-13(11)16-17-14/h2-10H,1H3. The van der Waals surface area contributed by atoms with Crippen molar-refractivity contribution in [2.45, 2.75) is 0 Å². The van der Waals surface area contributed by atoms with Crippen LogP contribution in [-0.4, -0.2) is 17.3 Å². The predicted molar refractivity (Wildman–Crippen MR) is 71.5 cm³/mol. The molecule has 0 unspecified atom stereocenters. The maximum atomic E-state index is 5.34. The molecule has 0 aliphatic rings. The number of hydrogen-bond donors (Lipinski definition) is 0. The van der Waals surface area contributed by atoms with Crippen LogP contribution in [0.4, 0.5) is 0 Å². The van der Waals surface area contributed by atoms with Crippen molar-refractivity contribution < 1.29 is 4.74 Å². The molecule has 0 fully saturated rings. The minimum Gasteiger partial charge on any atom is -0.496 e. The molecule has 0 radical (unpaired) electrons. The van der Waals surface area contributed by atoms with Gasteiger partial charge in [-0.3, -0.25) is 0 Å². The van der Waals surface area contributed by atoms with E-state index in [1.165, 1.54) is 0 Å². The van der Waals surface area contributed by atoms with Crippen LogP contribution in [0.15, 0.2) is 54.6 Å². The van der Waals surface area contributed by atoms with Crippen LogP contribution in [0.2, 0.25) is 0 Å². The molecule has 0 bridgehead atoms. The SMILES string of the molecule is COc1ccccc1-c1cc2ccccc2nn1. The number of para-hydroxylation sites is 1. The lowest BCUT2D eigenvalue weighted by atomic mass is 10.1. The Balaban J connectivity index is 2.19. The van der Waals surface area contributed by atoms with Crippen molar-refractivity contribution >= 4 is 10.9 Å². The zero-order chi connectivity index (χ0) is 12.4. The smallest absolute Gasteiger partial charge is 0.128 e. The van der Waals surface area contributed by atoms with Gasteiger partial charge in [-0.25, -0.2) is 0 Å². The van der Waals surface area contributed by atoms with Gasteiger partial charge >= 0.3 is 0 Å². The summed E-state index contributed by atoms with van der Waals surface area (Å²) < 4.78 is 5.34. The number of hydrogen-bond acceptors (Lipinski definition) is 3. The lowest BCUT2D eigenvalue weighted by molar-refractivity contribution is 0.416. The third kappa shape index (κ3) is 1.80. The highest BCUT2D eigenvalue weighted by Gasteiger charge is 2.07. The number of methoxy groups -OCH3 is 1. The van der Waals surface area contributed by atoms with Crippen molar-refractivity contribution in [1.82, 2.24) is 10.2 Å². The second-order valence-electron chi connectivity index (χ2n) is 3.99. The Hall–Kier alpha value is -2.42. The van der Waals surface area contributed by atoms with Gasteiger partial charge in [0.25, 0.3) is 0 Å². The largest absolute Gasteiger partial charge is 0.496 e. The fourth-order valence-corrected chi connectivity index (χ4v) is 1.97. The highest BCUT2D eigenvalue weighted by atomic mass is 16.5. The summed E-state index contributed by atoms with van der Waals surface area (Å²) in [6.45, 7) is 0. The molecule has 0 saturated heterocycles. The summed E-state index contributed by atoms with van der Waals surface area (Å²) in [5, 5.41) is 9.56. The first kappa shape index (κ1) is 10.7. The minimum atomic E-state index is 0.807. The van der Waals surface area contributed by atoms with E-state index in [2.05, 4.69) is 10.2 Å². The summed E-state index contributed by atoms with van der Waals surface area (Å²) in [5.74, 6) is 0.807. The van der Waals surface area contributed by atoms with Crippen LogP contribution in [-0.2, 0) is 0 Å². The highest BCUT2D eigenvalue weighted by molar-refractivity contribution is 5.82. The van der Waals surface area contributed by atoms with E-state index in [0.717, 1.165) is 27.9 Å². The van der Waals surface area contributed by atoms with Crippen LogP contribution in [0.5, 0.6) is 5.75 Å². The van der Waals surface area contributed by atoms with Gasteiger partial charge in [-0.1, -0.05) is 30.3 Å². The quantitative estimate of drug-likeness (QED) is 0.684. The number of rotatable bonds is 2. The van der Waals surface area contributed by atoms with Gasteiger partial charge < -0.3 is 4.74 Å². The first-order valence-electron chi connectivity index (χ1n) is 5.74. The van der Waals surface area contributed by atoms with E-state index in [4.69, 9.17) is 4.74 Å². The molecule has 88 valence electrons. The van der Waals surface area contributed by atoms with Crippen LogP contribution in [0.3, 0.4) is 0 Å². The molecular weight excluding hydrogens is 224 g/mol. The zero-order valence-electron chi connectivity index (χ0n) is 10.00. The molecule has 3 nitrogen and oxygen atoms in total. The molecule has 3 heteroatoms. The molecule has 3 rings (SSSR count). The number of benzene rings is 2. The Kier molecular flexibility index (Phi) is 2.65. The van der Waals surface area contributed by atoms with E-state index in [1.54, 1.807) is 7.11 Å². The lowest BCUT2D eigenvalue weighted by Crippen LogP contribution is -1.92. The van der Waals surface area contributed by atoms with Gasteiger partial charge in [0.1, 0.15) is 5.75 Å². The average molecular weight is 236 g/mol. The summed E-state index contributed by atoms with van der Waals surface area (Å²) in [6.07, 6.45) is 0. The molecule has 2 aromatic carbocycles. The van der Waals surface area contributed by atoms with Crippen molar-refractivity contribution in [3.63, 3.8) is 0 Å². The highest BCUT2D eigenvalue weighted by Crippen LogP contribution is 2.28. The molecule has 1 aromatic heterocycles. The average Bonchev–Trinajstić information content (AvgIpc) is 2.46. The van der Waals surface area contributed by atoms with Crippen LogP contribution in [0.1, 0.15) is 0 Å². The second kappa shape index (κ2) is 4.45. The number of aromatic nitrogens is 2. The van der Waals surface area contributed by atoms with Gasteiger partial charge in [-0.05, 0) is 24.3 Å². The lowest BCUT2D eigenvalue weighted by Gasteiger charge is -2.07. The Labute approximate surface area is 105 Å². The third-order valence-corrected chi connectivity index (χ3v) is 2.88. The van der Waals surface area contributed by atoms with Crippen LogP contribution >= 0.6 is 0 Å². The van der Waals surface area contributed by atoms with E-state index in [1.807, 2.05) is 54.6 Å². The predicted octanol–water partition coefficient (Wildman–Crippen LogP) is 3.31. The zero-order valence-corrected chi connectivity index (χ0v) is 10.00. The Morgan fingerprint density at radius 3 is 2.56 bits per heavy atom. The van der Waals surface area contributed by atoms with Gasteiger partial charge in [-0.2, -0.15) is 0 Å². The van der Waals surface area contributed by atoms with Crippen molar-refractivity contribution in [1.29, 1.82) is 0 Å². The Morgan fingerprint density at radius 2 is 1.67 bits per heavy atom. The van der Waals surface area contributed by atoms with Gasteiger partial charge in [0.05, 0.1) is 18.3 Å². The van der Waals surface area contributed by atoms with Crippen LogP contribution in [0.25, 0.3) is 22.2 Å². The molecular formula is C15H12N2O. The van der Waals surface area contributed by atoms with Crippen LogP contribution in [0, 0.1) is 0 Å². The van der Waals surface area contributed by atoms with E-state index in [0.29, 0.717) is 0 Å². The van der Waals surface area contributed by atoms with Crippen molar-refractivity contribution in [3.05, 3.63) is 54.6 Å². The number of ether oxygens (including phenoxy) is 1. The number of fused-ring (bicyclic) bond motifs is 1. The van der Waals surface area contributed by atoms with E-state index in [-0.39, 0.29) is 0 Å². The van der Waals surface area contributed by atoms with Crippen molar-refractivity contribution in [2.24, 2.45) is 0 Å². The number of nitrogens with zero attached hydrogens (tertiary/aromatic N) is 2.